The number of rotatable bonds is 6. The minimum Gasteiger partial charge on any atom is -0.351 e. The van der Waals surface area contributed by atoms with Crippen molar-refractivity contribution in [2.75, 3.05) is 28.7 Å². The lowest BCUT2D eigenvalue weighted by molar-refractivity contribution is 0.308. The standard InChI is InChI=1S/C12H23N7/c1-4-19(5-2)12-16-10(15-11(17-12)18-13)14-9-6-8(3)7-9/h8-9H,4-7,13H2,1-3H3,(H2,14,15,16,17,18). The van der Waals surface area contributed by atoms with E-state index in [0.717, 1.165) is 31.8 Å². The fourth-order valence-corrected chi connectivity index (χ4v) is 2.34. The van der Waals surface area contributed by atoms with Gasteiger partial charge in [-0.25, -0.2) is 5.84 Å². The molecule has 1 aliphatic carbocycles. The first kappa shape index (κ1) is 13.8. The topological polar surface area (TPSA) is 92.0 Å². The molecule has 0 amide bonds. The molecule has 0 aliphatic heterocycles. The average Bonchev–Trinajstić information content (AvgIpc) is 2.38. The lowest BCUT2D eigenvalue weighted by atomic mass is 9.82. The molecule has 0 bridgehead atoms. The number of nitrogen functional groups attached to an aromatic ring is 1. The summed E-state index contributed by atoms with van der Waals surface area (Å²) in [5.74, 6) is 7.86. The summed E-state index contributed by atoms with van der Waals surface area (Å²) in [6.45, 7) is 8.10. The fourth-order valence-electron chi connectivity index (χ4n) is 2.34. The quantitative estimate of drug-likeness (QED) is 0.526. The maximum Gasteiger partial charge on any atom is 0.243 e. The van der Waals surface area contributed by atoms with Gasteiger partial charge in [-0.15, -0.1) is 0 Å². The highest BCUT2D eigenvalue weighted by atomic mass is 15.4. The van der Waals surface area contributed by atoms with E-state index in [1.54, 1.807) is 0 Å². The molecule has 2 rings (SSSR count). The molecule has 0 spiro atoms. The van der Waals surface area contributed by atoms with Crippen LogP contribution in [0.25, 0.3) is 0 Å². The van der Waals surface area contributed by atoms with E-state index < -0.39 is 0 Å². The summed E-state index contributed by atoms with van der Waals surface area (Å²) in [5, 5.41) is 3.34. The number of hydrazine groups is 1. The van der Waals surface area contributed by atoms with Gasteiger partial charge in [0.2, 0.25) is 17.8 Å². The predicted octanol–water partition coefficient (Wildman–Crippen LogP) is 1.21. The van der Waals surface area contributed by atoms with Gasteiger partial charge in [0, 0.05) is 19.1 Å². The Kier molecular flexibility index (Phi) is 4.36. The van der Waals surface area contributed by atoms with Gasteiger partial charge in [0.25, 0.3) is 0 Å². The van der Waals surface area contributed by atoms with Gasteiger partial charge in [0.1, 0.15) is 0 Å². The Hall–Kier alpha value is -1.63. The molecular weight excluding hydrogens is 242 g/mol. The van der Waals surface area contributed by atoms with Crippen LogP contribution < -0.4 is 21.5 Å². The van der Waals surface area contributed by atoms with Gasteiger partial charge in [-0.05, 0) is 32.6 Å². The lowest BCUT2D eigenvalue weighted by Gasteiger charge is -2.33. The van der Waals surface area contributed by atoms with Crippen LogP contribution in [-0.2, 0) is 0 Å². The van der Waals surface area contributed by atoms with Crippen LogP contribution in [0.3, 0.4) is 0 Å². The van der Waals surface area contributed by atoms with Gasteiger partial charge in [-0.3, -0.25) is 5.43 Å². The molecule has 7 nitrogen and oxygen atoms in total. The largest absolute Gasteiger partial charge is 0.351 e. The highest BCUT2D eigenvalue weighted by Crippen LogP contribution is 2.28. The second-order valence-corrected chi connectivity index (χ2v) is 5.02. The molecule has 106 valence electrons. The van der Waals surface area contributed by atoms with Crippen molar-refractivity contribution in [3.05, 3.63) is 0 Å². The molecule has 0 saturated heterocycles. The first-order valence-electron chi connectivity index (χ1n) is 6.90. The van der Waals surface area contributed by atoms with Crippen molar-refractivity contribution in [2.45, 2.75) is 39.7 Å². The molecule has 19 heavy (non-hydrogen) atoms. The smallest absolute Gasteiger partial charge is 0.243 e. The van der Waals surface area contributed by atoms with E-state index >= 15 is 0 Å². The van der Waals surface area contributed by atoms with Crippen molar-refractivity contribution < 1.29 is 0 Å². The van der Waals surface area contributed by atoms with Gasteiger partial charge < -0.3 is 10.2 Å². The minimum absolute atomic E-state index is 0.395. The van der Waals surface area contributed by atoms with Crippen LogP contribution in [0.15, 0.2) is 0 Å². The van der Waals surface area contributed by atoms with Crippen LogP contribution >= 0.6 is 0 Å². The van der Waals surface area contributed by atoms with Gasteiger partial charge in [-0.2, -0.15) is 15.0 Å². The molecule has 7 heteroatoms. The summed E-state index contributed by atoms with van der Waals surface area (Å²) in [6.07, 6.45) is 2.33. The van der Waals surface area contributed by atoms with E-state index in [1.807, 2.05) is 0 Å². The number of nitrogens with one attached hydrogen (secondary N) is 2. The third-order valence-electron chi connectivity index (χ3n) is 3.51. The fraction of sp³-hybridized carbons (Fsp3) is 0.750. The molecule has 1 fully saturated rings. The number of hydrogen-bond donors (Lipinski definition) is 3. The summed E-state index contributed by atoms with van der Waals surface area (Å²) in [6, 6.07) is 0.465. The van der Waals surface area contributed by atoms with E-state index in [1.165, 1.54) is 0 Å². The maximum absolute atomic E-state index is 5.42. The molecule has 0 unspecified atom stereocenters. The Balaban J connectivity index is 2.15. The van der Waals surface area contributed by atoms with Crippen LogP contribution in [0.1, 0.15) is 33.6 Å². The van der Waals surface area contributed by atoms with E-state index in [4.69, 9.17) is 5.84 Å². The molecule has 0 aromatic carbocycles. The summed E-state index contributed by atoms with van der Waals surface area (Å²) < 4.78 is 0. The summed E-state index contributed by atoms with van der Waals surface area (Å²) >= 11 is 0. The number of anilines is 3. The van der Waals surface area contributed by atoms with Crippen molar-refractivity contribution in [3.8, 4) is 0 Å². The Morgan fingerprint density at radius 3 is 2.32 bits per heavy atom. The summed E-state index contributed by atoms with van der Waals surface area (Å²) in [4.78, 5) is 15.1. The molecule has 1 saturated carbocycles. The maximum atomic E-state index is 5.42. The van der Waals surface area contributed by atoms with E-state index in [9.17, 15) is 0 Å². The molecule has 0 atom stereocenters. The third kappa shape index (κ3) is 3.23. The van der Waals surface area contributed by atoms with Gasteiger partial charge in [-0.1, -0.05) is 6.92 Å². The number of nitrogens with two attached hydrogens (primary N) is 1. The molecule has 1 heterocycles. The zero-order chi connectivity index (χ0) is 13.8. The molecule has 0 radical (unpaired) electrons. The van der Waals surface area contributed by atoms with E-state index in [0.29, 0.717) is 23.9 Å². The molecule has 4 N–H and O–H groups in total. The summed E-state index contributed by atoms with van der Waals surface area (Å²) in [5.41, 5.74) is 2.50. The van der Waals surface area contributed by atoms with Crippen LogP contribution in [0.5, 0.6) is 0 Å². The van der Waals surface area contributed by atoms with Crippen molar-refractivity contribution in [3.63, 3.8) is 0 Å². The second-order valence-electron chi connectivity index (χ2n) is 5.02. The molecule has 1 aromatic rings. The summed E-state index contributed by atoms with van der Waals surface area (Å²) in [7, 11) is 0. The zero-order valence-electron chi connectivity index (χ0n) is 11.8. The van der Waals surface area contributed by atoms with Crippen LogP contribution in [0.2, 0.25) is 0 Å². The van der Waals surface area contributed by atoms with Gasteiger partial charge >= 0.3 is 0 Å². The lowest BCUT2D eigenvalue weighted by Crippen LogP contribution is -2.35. The third-order valence-corrected chi connectivity index (χ3v) is 3.51. The predicted molar refractivity (Wildman–Crippen MR) is 77.0 cm³/mol. The molecule has 1 aliphatic rings. The van der Waals surface area contributed by atoms with Crippen LogP contribution in [0.4, 0.5) is 17.8 Å². The highest BCUT2D eigenvalue weighted by Gasteiger charge is 2.26. The second kappa shape index (κ2) is 6.01. The number of nitrogens with zero attached hydrogens (tertiary/aromatic N) is 4. The number of hydrogen-bond acceptors (Lipinski definition) is 7. The monoisotopic (exact) mass is 265 g/mol. The highest BCUT2D eigenvalue weighted by molar-refractivity contribution is 5.43. The van der Waals surface area contributed by atoms with Gasteiger partial charge in [0.15, 0.2) is 0 Å². The first-order chi connectivity index (χ1) is 9.16. The van der Waals surface area contributed by atoms with Crippen molar-refractivity contribution in [2.24, 2.45) is 11.8 Å². The van der Waals surface area contributed by atoms with Crippen molar-refractivity contribution in [1.82, 2.24) is 15.0 Å². The Bertz CT molecular complexity index is 413. The molecular formula is C12H23N7. The van der Waals surface area contributed by atoms with E-state index in [2.05, 4.69) is 51.4 Å². The van der Waals surface area contributed by atoms with Crippen LogP contribution in [-0.4, -0.2) is 34.1 Å². The minimum atomic E-state index is 0.395. The normalized spacial score (nSPS) is 21.7. The van der Waals surface area contributed by atoms with E-state index in [-0.39, 0.29) is 0 Å². The average molecular weight is 265 g/mol. The molecule has 1 aromatic heterocycles. The van der Waals surface area contributed by atoms with Crippen molar-refractivity contribution >= 4 is 17.8 Å². The van der Waals surface area contributed by atoms with Gasteiger partial charge in [0.05, 0.1) is 0 Å². The zero-order valence-corrected chi connectivity index (χ0v) is 11.8. The SMILES string of the molecule is CCN(CC)c1nc(NN)nc(NC2CC(C)C2)n1. The Labute approximate surface area is 114 Å². The van der Waals surface area contributed by atoms with Crippen molar-refractivity contribution in [1.29, 1.82) is 0 Å². The first-order valence-corrected chi connectivity index (χ1v) is 6.90. The number of aromatic nitrogens is 3. The van der Waals surface area contributed by atoms with Crippen LogP contribution in [0, 0.1) is 5.92 Å². The Morgan fingerprint density at radius 2 is 1.79 bits per heavy atom. The Morgan fingerprint density at radius 1 is 1.16 bits per heavy atom.